The van der Waals surface area contributed by atoms with Crippen molar-refractivity contribution in [1.29, 1.82) is 0 Å². The predicted octanol–water partition coefficient (Wildman–Crippen LogP) is 4.34. The van der Waals surface area contributed by atoms with Crippen LogP contribution in [0.2, 0.25) is 0 Å². The number of rotatable bonds is 6. The Kier molecular flexibility index (Phi) is 5.35. The van der Waals surface area contributed by atoms with Crippen LogP contribution in [0.1, 0.15) is 30.7 Å². The van der Waals surface area contributed by atoms with E-state index in [1.165, 1.54) is 0 Å². The number of ether oxygens (including phenoxy) is 1. The molecule has 0 aliphatic rings. The quantitative estimate of drug-likeness (QED) is 0.705. The van der Waals surface area contributed by atoms with Crippen LogP contribution in [-0.2, 0) is 4.79 Å². The number of carbonyl (C=O) groups excluding carboxylic acids is 1. The van der Waals surface area contributed by atoms with Gasteiger partial charge < -0.3 is 14.6 Å². The summed E-state index contributed by atoms with van der Waals surface area (Å²) in [4.78, 5) is 16.4. The van der Waals surface area contributed by atoms with Gasteiger partial charge in [0.15, 0.2) is 11.4 Å². The van der Waals surface area contributed by atoms with Crippen molar-refractivity contribution in [1.82, 2.24) is 10.1 Å². The number of hydrogen-bond donors (Lipinski definition) is 1. The molecule has 0 unspecified atom stereocenters. The minimum absolute atomic E-state index is 0.308. The second-order valence-corrected chi connectivity index (χ2v) is 6.57. The molecule has 0 spiro atoms. The van der Waals surface area contributed by atoms with Crippen molar-refractivity contribution < 1.29 is 14.1 Å². The van der Waals surface area contributed by atoms with Crippen LogP contribution in [0.5, 0.6) is 5.75 Å². The average Bonchev–Trinajstić information content (AvgIpc) is 3.06. The third-order valence-corrected chi connectivity index (χ3v) is 3.84. The van der Waals surface area contributed by atoms with Gasteiger partial charge in [-0.05, 0) is 56.2 Å². The fourth-order valence-corrected chi connectivity index (χ4v) is 2.35. The van der Waals surface area contributed by atoms with E-state index in [0.717, 1.165) is 11.1 Å². The first-order chi connectivity index (χ1) is 12.9. The van der Waals surface area contributed by atoms with Gasteiger partial charge in [0.05, 0.1) is 0 Å². The number of nitrogens with one attached hydrogen (secondary N) is 1. The molecule has 0 bridgehead atoms. The van der Waals surface area contributed by atoms with E-state index in [9.17, 15) is 4.79 Å². The Morgan fingerprint density at radius 3 is 2.30 bits per heavy atom. The topological polar surface area (TPSA) is 77.2 Å². The van der Waals surface area contributed by atoms with Crippen LogP contribution in [0.25, 0.3) is 12.2 Å². The zero-order valence-electron chi connectivity index (χ0n) is 15.5. The third kappa shape index (κ3) is 5.04. The molecule has 1 N–H and O–H groups in total. The predicted molar refractivity (Wildman–Crippen MR) is 104 cm³/mol. The number of nitrogens with zero attached hydrogens (tertiary/aromatic N) is 2. The number of aromatic nitrogens is 2. The zero-order valence-corrected chi connectivity index (χ0v) is 15.5. The molecule has 6 nitrogen and oxygen atoms in total. The number of benzene rings is 1. The van der Waals surface area contributed by atoms with Gasteiger partial charge in [0.25, 0.3) is 5.91 Å². The van der Waals surface area contributed by atoms with Crippen molar-refractivity contribution in [3.8, 4) is 5.75 Å². The van der Waals surface area contributed by atoms with E-state index in [-0.39, 0.29) is 5.91 Å². The molecular formula is C21H21N3O3. The Morgan fingerprint density at radius 1 is 1.07 bits per heavy atom. The van der Waals surface area contributed by atoms with Crippen molar-refractivity contribution in [2.75, 3.05) is 5.32 Å². The second-order valence-electron chi connectivity index (χ2n) is 6.57. The Hall–Kier alpha value is -3.41. The molecule has 1 amide bonds. The van der Waals surface area contributed by atoms with E-state index < -0.39 is 5.60 Å². The van der Waals surface area contributed by atoms with Gasteiger partial charge in [-0.25, -0.2) is 0 Å². The summed E-state index contributed by atoms with van der Waals surface area (Å²) in [6, 6.07) is 13.1. The molecule has 138 valence electrons. The lowest BCUT2D eigenvalue weighted by Gasteiger charge is -2.24. The Morgan fingerprint density at radius 2 is 1.70 bits per heavy atom. The summed E-state index contributed by atoms with van der Waals surface area (Å²) in [5, 5.41) is 6.45. The van der Waals surface area contributed by atoms with Crippen LogP contribution in [0.15, 0.2) is 59.4 Å². The lowest BCUT2D eigenvalue weighted by atomic mass is 10.1. The van der Waals surface area contributed by atoms with Crippen molar-refractivity contribution in [3.05, 3.63) is 71.7 Å². The van der Waals surface area contributed by atoms with Crippen molar-refractivity contribution in [3.63, 3.8) is 0 Å². The summed E-state index contributed by atoms with van der Waals surface area (Å²) in [6.07, 6.45) is 7.52. The van der Waals surface area contributed by atoms with Crippen LogP contribution >= 0.6 is 0 Å². The normalized spacial score (nSPS) is 11.5. The van der Waals surface area contributed by atoms with Crippen LogP contribution < -0.4 is 10.1 Å². The molecule has 0 atom stereocenters. The monoisotopic (exact) mass is 363 g/mol. The molecule has 1 aromatic carbocycles. The molecular weight excluding hydrogens is 342 g/mol. The number of amides is 1. The SMILES string of the molecule is Cc1cc(NC(=O)C(C)(C)Oc2ccc(/C=C/c3ccncc3)cc2)no1. The highest BCUT2D eigenvalue weighted by Gasteiger charge is 2.30. The maximum absolute atomic E-state index is 12.4. The van der Waals surface area contributed by atoms with Crippen LogP contribution in [-0.4, -0.2) is 21.6 Å². The van der Waals surface area contributed by atoms with E-state index in [0.29, 0.717) is 17.3 Å². The molecule has 0 saturated heterocycles. The number of anilines is 1. The first-order valence-electron chi connectivity index (χ1n) is 8.54. The Balaban J connectivity index is 1.62. The molecule has 0 aliphatic carbocycles. The summed E-state index contributed by atoms with van der Waals surface area (Å²) in [6.45, 7) is 5.16. The highest BCUT2D eigenvalue weighted by molar-refractivity contribution is 5.96. The smallest absolute Gasteiger partial charge is 0.269 e. The number of pyridine rings is 1. The fraction of sp³-hybridized carbons (Fsp3) is 0.190. The molecule has 0 saturated carbocycles. The van der Waals surface area contributed by atoms with Crippen LogP contribution in [0, 0.1) is 6.92 Å². The van der Waals surface area contributed by atoms with Gasteiger partial charge >= 0.3 is 0 Å². The molecule has 3 aromatic rings. The summed E-state index contributed by atoms with van der Waals surface area (Å²) in [7, 11) is 0. The van der Waals surface area contributed by atoms with Crippen molar-refractivity contribution in [2.24, 2.45) is 0 Å². The average molecular weight is 363 g/mol. The molecule has 2 heterocycles. The molecule has 0 fully saturated rings. The van der Waals surface area contributed by atoms with Gasteiger partial charge in [0.2, 0.25) is 0 Å². The van der Waals surface area contributed by atoms with Crippen LogP contribution in [0.3, 0.4) is 0 Å². The zero-order chi connectivity index (χ0) is 19.3. The largest absolute Gasteiger partial charge is 0.478 e. The lowest BCUT2D eigenvalue weighted by molar-refractivity contribution is -0.128. The van der Waals surface area contributed by atoms with Crippen molar-refractivity contribution in [2.45, 2.75) is 26.4 Å². The molecule has 6 heteroatoms. The molecule has 2 aromatic heterocycles. The summed E-state index contributed by atoms with van der Waals surface area (Å²) in [5.41, 5.74) is 1.03. The summed E-state index contributed by atoms with van der Waals surface area (Å²) < 4.78 is 10.8. The van der Waals surface area contributed by atoms with E-state index in [4.69, 9.17) is 9.26 Å². The minimum atomic E-state index is -1.07. The number of aryl methyl sites for hydroxylation is 1. The standard InChI is InChI=1S/C21H21N3O3/c1-15-14-19(24-27-15)23-20(25)21(2,3)26-18-8-6-16(7-9-18)4-5-17-10-12-22-13-11-17/h4-14H,1-3H3,(H,23,24,25)/b5-4+. The first-order valence-corrected chi connectivity index (χ1v) is 8.54. The highest BCUT2D eigenvalue weighted by atomic mass is 16.5. The van der Waals surface area contributed by atoms with E-state index in [1.807, 2.05) is 48.6 Å². The molecule has 3 rings (SSSR count). The maximum atomic E-state index is 12.4. The number of hydrogen-bond acceptors (Lipinski definition) is 5. The van der Waals surface area contributed by atoms with Gasteiger partial charge in [-0.2, -0.15) is 0 Å². The Labute approximate surface area is 157 Å². The van der Waals surface area contributed by atoms with Gasteiger partial charge in [0, 0.05) is 18.5 Å². The van der Waals surface area contributed by atoms with Gasteiger partial charge in [0.1, 0.15) is 11.5 Å². The third-order valence-electron chi connectivity index (χ3n) is 3.84. The van der Waals surface area contributed by atoms with Gasteiger partial charge in [-0.15, -0.1) is 0 Å². The van der Waals surface area contributed by atoms with Crippen molar-refractivity contribution >= 4 is 23.9 Å². The summed E-state index contributed by atoms with van der Waals surface area (Å²) >= 11 is 0. The van der Waals surface area contributed by atoms with E-state index in [2.05, 4.69) is 15.5 Å². The van der Waals surface area contributed by atoms with Crippen LogP contribution in [0.4, 0.5) is 5.82 Å². The minimum Gasteiger partial charge on any atom is -0.478 e. The lowest BCUT2D eigenvalue weighted by Crippen LogP contribution is -2.42. The molecule has 0 aliphatic heterocycles. The van der Waals surface area contributed by atoms with Gasteiger partial charge in [-0.3, -0.25) is 9.78 Å². The second kappa shape index (κ2) is 7.86. The molecule has 0 radical (unpaired) electrons. The molecule has 27 heavy (non-hydrogen) atoms. The summed E-state index contributed by atoms with van der Waals surface area (Å²) in [5.74, 6) is 1.29. The first kappa shape index (κ1) is 18.4. The van der Waals surface area contributed by atoms with Gasteiger partial charge in [-0.1, -0.05) is 29.4 Å². The number of carbonyl (C=O) groups is 1. The van der Waals surface area contributed by atoms with E-state index in [1.54, 1.807) is 39.2 Å². The maximum Gasteiger partial charge on any atom is 0.269 e. The fourth-order valence-electron chi connectivity index (χ4n) is 2.35. The van der Waals surface area contributed by atoms with E-state index >= 15 is 0 Å². The Bertz CT molecular complexity index is 929. The highest BCUT2D eigenvalue weighted by Crippen LogP contribution is 2.21.